The molecule has 3 aromatic rings. The highest BCUT2D eigenvalue weighted by atomic mass is 35.5. The Bertz CT molecular complexity index is 841. The first-order valence-corrected chi connectivity index (χ1v) is 8.03. The van der Waals surface area contributed by atoms with E-state index in [-0.39, 0.29) is 6.04 Å². The Morgan fingerprint density at radius 3 is 2.81 bits per heavy atom. The SMILES string of the molecule is Cc1ccc(C(C)n2c(CCl)nc3c(C#N)cccc32)s1. The van der Waals surface area contributed by atoms with Gasteiger partial charge in [0.2, 0.25) is 0 Å². The molecule has 0 radical (unpaired) electrons. The lowest BCUT2D eigenvalue weighted by Gasteiger charge is -2.15. The molecule has 106 valence electrons. The number of imidazole rings is 1. The van der Waals surface area contributed by atoms with E-state index < -0.39 is 0 Å². The van der Waals surface area contributed by atoms with Crippen LogP contribution in [-0.2, 0) is 5.88 Å². The molecule has 0 aliphatic heterocycles. The average molecular weight is 316 g/mol. The number of thiophene rings is 1. The first-order valence-electron chi connectivity index (χ1n) is 6.68. The quantitative estimate of drug-likeness (QED) is 0.661. The first-order chi connectivity index (χ1) is 10.2. The van der Waals surface area contributed by atoms with E-state index >= 15 is 0 Å². The van der Waals surface area contributed by atoms with E-state index in [0.29, 0.717) is 11.4 Å². The van der Waals surface area contributed by atoms with Crippen molar-refractivity contribution in [3.05, 3.63) is 51.5 Å². The summed E-state index contributed by atoms with van der Waals surface area (Å²) in [5.41, 5.74) is 2.28. The third kappa shape index (κ3) is 2.33. The van der Waals surface area contributed by atoms with Crippen LogP contribution in [0.4, 0.5) is 0 Å². The van der Waals surface area contributed by atoms with Crippen LogP contribution < -0.4 is 0 Å². The normalized spacial score (nSPS) is 12.5. The van der Waals surface area contributed by atoms with Gasteiger partial charge in [-0.05, 0) is 38.1 Å². The number of fused-ring (bicyclic) bond motifs is 1. The number of nitriles is 1. The molecule has 0 spiro atoms. The van der Waals surface area contributed by atoms with E-state index in [2.05, 4.69) is 41.6 Å². The summed E-state index contributed by atoms with van der Waals surface area (Å²) < 4.78 is 2.13. The summed E-state index contributed by atoms with van der Waals surface area (Å²) >= 11 is 7.85. The molecule has 0 saturated heterocycles. The Kier molecular flexibility index (Phi) is 3.71. The zero-order chi connectivity index (χ0) is 15.0. The molecule has 0 aliphatic rings. The van der Waals surface area contributed by atoms with Crippen molar-refractivity contribution in [2.75, 3.05) is 0 Å². The number of aryl methyl sites for hydroxylation is 1. The second kappa shape index (κ2) is 5.51. The second-order valence-electron chi connectivity index (χ2n) is 4.94. The van der Waals surface area contributed by atoms with Gasteiger partial charge in [-0.3, -0.25) is 0 Å². The monoisotopic (exact) mass is 315 g/mol. The molecule has 21 heavy (non-hydrogen) atoms. The zero-order valence-corrected chi connectivity index (χ0v) is 13.4. The maximum atomic E-state index is 9.24. The van der Waals surface area contributed by atoms with Crippen LogP contribution in [0.25, 0.3) is 11.0 Å². The van der Waals surface area contributed by atoms with Crippen molar-refractivity contribution in [2.45, 2.75) is 25.8 Å². The molecule has 1 unspecified atom stereocenters. The molecule has 2 aromatic heterocycles. The molecular formula is C16H14ClN3S. The molecule has 0 N–H and O–H groups in total. The summed E-state index contributed by atoms with van der Waals surface area (Å²) in [7, 11) is 0. The summed E-state index contributed by atoms with van der Waals surface area (Å²) in [6.45, 7) is 4.24. The number of benzene rings is 1. The van der Waals surface area contributed by atoms with Crippen molar-refractivity contribution < 1.29 is 0 Å². The Hall–Kier alpha value is -1.83. The van der Waals surface area contributed by atoms with Gasteiger partial charge < -0.3 is 4.57 Å². The minimum atomic E-state index is 0.149. The van der Waals surface area contributed by atoms with Crippen molar-refractivity contribution in [1.29, 1.82) is 5.26 Å². The van der Waals surface area contributed by atoms with Crippen molar-refractivity contribution >= 4 is 34.0 Å². The van der Waals surface area contributed by atoms with Gasteiger partial charge in [-0.1, -0.05) is 6.07 Å². The van der Waals surface area contributed by atoms with Crippen LogP contribution in [0.5, 0.6) is 0 Å². The fourth-order valence-electron chi connectivity index (χ4n) is 2.59. The van der Waals surface area contributed by atoms with Crippen molar-refractivity contribution in [3.63, 3.8) is 0 Å². The summed E-state index contributed by atoms with van der Waals surface area (Å²) in [5, 5.41) is 9.24. The van der Waals surface area contributed by atoms with Crippen molar-refractivity contribution in [1.82, 2.24) is 9.55 Å². The molecule has 3 nitrogen and oxygen atoms in total. The van der Waals surface area contributed by atoms with Gasteiger partial charge in [0.25, 0.3) is 0 Å². The van der Waals surface area contributed by atoms with Crippen LogP contribution in [0.1, 0.15) is 34.1 Å². The standard InChI is InChI=1S/C16H14ClN3S/c1-10-6-7-14(21-10)11(2)20-13-5-3-4-12(9-18)16(13)19-15(20)8-17/h3-7,11H,8H2,1-2H3. The number of para-hydroxylation sites is 1. The van der Waals surface area contributed by atoms with Gasteiger partial charge in [-0.25, -0.2) is 4.98 Å². The average Bonchev–Trinajstić information content (AvgIpc) is 3.09. The number of alkyl halides is 1. The number of halogens is 1. The zero-order valence-electron chi connectivity index (χ0n) is 11.8. The lowest BCUT2D eigenvalue weighted by Crippen LogP contribution is -2.08. The third-order valence-electron chi connectivity index (χ3n) is 3.59. The van der Waals surface area contributed by atoms with Gasteiger partial charge in [0.1, 0.15) is 17.4 Å². The smallest absolute Gasteiger partial charge is 0.125 e. The topological polar surface area (TPSA) is 41.6 Å². The van der Waals surface area contributed by atoms with Gasteiger partial charge in [0.05, 0.1) is 23.0 Å². The number of nitrogens with zero attached hydrogens (tertiary/aromatic N) is 3. The fraction of sp³-hybridized carbons (Fsp3) is 0.250. The van der Waals surface area contributed by atoms with Crippen LogP contribution >= 0.6 is 22.9 Å². The first kappa shape index (κ1) is 14.1. The van der Waals surface area contributed by atoms with E-state index in [1.165, 1.54) is 9.75 Å². The van der Waals surface area contributed by atoms with E-state index in [1.54, 1.807) is 17.4 Å². The van der Waals surface area contributed by atoms with Gasteiger partial charge >= 0.3 is 0 Å². The van der Waals surface area contributed by atoms with Gasteiger partial charge in [-0.2, -0.15) is 5.26 Å². The molecule has 5 heteroatoms. The van der Waals surface area contributed by atoms with Crippen LogP contribution in [-0.4, -0.2) is 9.55 Å². The highest BCUT2D eigenvalue weighted by Crippen LogP contribution is 2.31. The number of aromatic nitrogens is 2. The molecule has 2 heterocycles. The van der Waals surface area contributed by atoms with Crippen LogP contribution in [0.15, 0.2) is 30.3 Å². The maximum Gasteiger partial charge on any atom is 0.125 e. The predicted molar refractivity (Wildman–Crippen MR) is 86.9 cm³/mol. The van der Waals surface area contributed by atoms with Crippen LogP contribution in [0, 0.1) is 18.3 Å². The van der Waals surface area contributed by atoms with Crippen molar-refractivity contribution in [2.24, 2.45) is 0 Å². The Morgan fingerprint density at radius 2 is 2.19 bits per heavy atom. The minimum Gasteiger partial charge on any atom is -0.319 e. The summed E-state index contributed by atoms with van der Waals surface area (Å²) in [5.74, 6) is 1.13. The second-order valence-corrected chi connectivity index (χ2v) is 6.53. The molecule has 1 atom stereocenters. The number of rotatable bonds is 3. The highest BCUT2D eigenvalue weighted by molar-refractivity contribution is 7.12. The third-order valence-corrected chi connectivity index (χ3v) is 5.00. The predicted octanol–water partition coefficient (Wildman–Crippen LogP) is 4.63. The fourth-order valence-corrected chi connectivity index (χ4v) is 3.70. The van der Waals surface area contributed by atoms with Gasteiger partial charge in [0.15, 0.2) is 0 Å². The van der Waals surface area contributed by atoms with Crippen molar-refractivity contribution in [3.8, 4) is 6.07 Å². The molecule has 0 bridgehead atoms. The van der Waals surface area contributed by atoms with Gasteiger partial charge in [0, 0.05) is 9.75 Å². The Morgan fingerprint density at radius 1 is 1.38 bits per heavy atom. The molecule has 1 aromatic carbocycles. The summed E-state index contributed by atoms with van der Waals surface area (Å²) in [6, 6.07) is 12.3. The van der Waals surface area contributed by atoms with E-state index in [9.17, 15) is 5.26 Å². The lowest BCUT2D eigenvalue weighted by atomic mass is 10.2. The molecule has 0 amide bonds. The molecule has 3 rings (SSSR count). The maximum absolute atomic E-state index is 9.24. The minimum absolute atomic E-state index is 0.149. The summed E-state index contributed by atoms with van der Waals surface area (Å²) in [6.07, 6.45) is 0. The molecule has 0 fully saturated rings. The lowest BCUT2D eigenvalue weighted by molar-refractivity contribution is 0.644. The van der Waals surface area contributed by atoms with E-state index in [1.807, 2.05) is 12.1 Å². The van der Waals surface area contributed by atoms with Gasteiger partial charge in [-0.15, -0.1) is 22.9 Å². The molecule has 0 saturated carbocycles. The van der Waals surface area contributed by atoms with E-state index in [4.69, 9.17) is 11.6 Å². The number of hydrogen-bond donors (Lipinski definition) is 0. The van der Waals surface area contributed by atoms with E-state index in [0.717, 1.165) is 16.9 Å². The highest BCUT2D eigenvalue weighted by Gasteiger charge is 2.19. The largest absolute Gasteiger partial charge is 0.319 e. The Labute approximate surface area is 132 Å². The van der Waals surface area contributed by atoms with Crippen LogP contribution in [0.2, 0.25) is 0 Å². The number of hydrogen-bond acceptors (Lipinski definition) is 3. The molecule has 0 aliphatic carbocycles. The van der Waals surface area contributed by atoms with Crippen LogP contribution in [0.3, 0.4) is 0 Å². The Balaban J connectivity index is 2.24. The summed E-state index contributed by atoms with van der Waals surface area (Å²) in [4.78, 5) is 7.12. The molecular weight excluding hydrogens is 302 g/mol.